The van der Waals surface area contributed by atoms with Gasteiger partial charge in [0.15, 0.2) is 0 Å². The normalized spacial score (nSPS) is 17.7. The van der Waals surface area contributed by atoms with E-state index in [4.69, 9.17) is 4.74 Å². The van der Waals surface area contributed by atoms with E-state index in [9.17, 15) is 4.79 Å². The molecule has 1 amide bonds. The van der Waals surface area contributed by atoms with Crippen molar-refractivity contribution in [2.45, 2.75) is 0 Å². The Kier molecular flexibility index (Phi) is 2.72. The van der Waals surface area contributed by atoms with E-state index in [2.05, 4.69) is 15.9 Å². The van der Waals surface area contributed by atoms with Crippen molar-refractivity contribution in [1.82, 2.24) is 4.31 Å². The fourth-order valence-electron chi connectivity index (χ4n) is 1.66. The van der Waals surface area contributed by atoms with Gasteiger partial charge in [0.2, 0.25) is 5.88 Å². The van der Waals surface area contributed by atoms with Crippen LogP contribution in [0.15, 0.2) is 47.2 Å². The highest BCUT2D eigenvalue weighted by Gasteiger charge is 2.32. The second-order valence-corrected chi connectivity index (χ2v) is 5.19. The minimum absolute atomic E-state index is 0.0327. The van der Waals surface area contributed by atoms with Crippen LogP contribution >= 0.6 is 27.9 Å². The average molecular weight is 310 g/mol. The Balaban J connectivity index is 2.04. The molecule has 17 heavy (non-hydrogen) atoms. The molecule has 0 aliphatic carbocycles. The number of rotatable bonds is 1. The van der Waals surface area contributed by atoms with Crippen molar-refractivity contribution < 1.29 is 9.53 Å². The zero-order valence-corrected chi connectivity index (χ0v) is 11.1. The van der Waals surface area contributed by atoms with Crippen LogP contribution in [0.3, 0.4) is 0 Å². The highest BCUT2D eigenvalue weighted by atomic mass is 79.9. The Morgan fingerprint density at radius 1 is 1.29 bits per heavy atom. The molecule has 1 aromatic carbocycles. The Hall–Kier alpha value is -1.20. The molecule has 2 heterocycles. The SMILES string of the molecule is O=C1c2ccccc2OC2=CC=C(CBr)SN12. The van der Waals surface area contributed by atoms with Gasteiger partial charge in [-0.1, -0.05) is 28.1 Å². The number of ether oxygens (including phenoxy) is 1. The lowest BCUT2D eigenvalue weighted by Crippen LogP contribution is -2.32. The molecule has 2 aliphatic heterocycles. The summed E-state index contributed by atoms with van der Waals surface area (Å²) < 4.78 is 7.27. The van der Waals surface area contributed by atoms with E-state index in [1.54, 1.807) is 16.4 Å². The molecule has 3 nitrogen and oxygen atoms in total. The van der Waals surface area contributed by atoms with Crippen molar-refractivity contribution in [2.75, 3.05) is 5.33 Å². The van der Waals surface area contributed by atoms with Crippen LogP contribution in [0.5, 0.6) is 5.75 Å². The van der Waals surface area contributed by atoms with Gasteiger partial charge >= 0.3 is 0 Å². The third kappa shape index (κ3) is 1.79. The number of carbonyl (C=O) groups is 1. The first-order valence-electron chi connectivity index (χ1n) is 5.06. The number of carbonyl (C=O) groups excluding carboxylic acids is 1. The van der Waals surface area contributed by atoms with Crippen molar-refractivity contribution in [3.8, 4) is 5.75 Å². The molecular formula is C12H8BrNO2S. The van der Waals surface area contributed by atoms with Crippen LogP contribution in [0.2, 0.25) is 0 Å². The maximum Gasteiger partial charge on any atom is 0.274 e. The number of halogens is 1. The lowest BCUT2D eigenvalue weighted by atomic mass is 10.1. The van der Waals surface area contributed by atoms with Crippen LogP contribution < -0.4 is 4.74 Å². The Morgan fingerprint density at radius 3 is 2.94 bits per heavy atom. The lowest BCUT2D eigenvalue weighted by Gasteiger charge is -2.31. The molecule has 1 aromatic rings. The summed E-state index contributed by atoms with van der Waals surface area (Å²) in [6.07, 6.45) is 3.77. The number of allylic oxidation sites excluding steroid dienone is 3. The monoisotopic (exact) mass is 309 g/mol. The molecule has 5 heteroatoms. The van der Waals surface area contributed by atoms with Crippen LogP contribution in [0.4, 0.5) is 0 Å². The Bertz CT molecular complexity index is 553. The summed E-state index contributed by atoms with van der Waals surface area (Å²) in [5.74, 6) is 1.16. The van der Waals surface area contributed by atoms with Gasteiger partial charge in [-0.25, -0.2) is 4.31 Å². The third-order valence-electron chi connectivity index (χ3n) is 2.47. The average Bonchev–Trinajstić information content (AvgIpc) is 2.39. The predicted octanol–water partition coefficient (Wildman–Crippen LogP) is 3.30. The third-order valence-corrected chi connectivity index (χ3v) is 4.49. The van der Waals surface area contributed by atoms with Crippen LogP contribution in [-0.2, 0) is 0 Å². The van der Waals surface area contributed by atoms with Gasteiger partial charge < -0.3 is 4.74 Å². The lowest BCUT2D eigenvalue weighted by molar-refractivity contribution is 0.0832. The van der Waals surface area contributed by atoms with Crippen LogP contribution in [0, 0.1) is 0 Å². The van der Waals surface area contributed by atoms with Gasteiger partial charge in [0, 0.05) is 16.3 Å². The molecule has 3 rings (SSSR count). The van der Waals surface area contributed by atoms with E-state index in [0.717, 1.165) is 10.2 Å². The zero-order valence-electron chi connectivity index (χ0n) is 8.72. The number of alkyl halides is 1. The van der Waals surface area contributed by atoms with Crippen molar-refractivity contribution in [3.63, 3.8) is 0 Å². The van der Waals surface area contributed by atoms with Crippen molar-refractivity contribution in [3.05, 3.63) is 52.8 Å². The number of nitrogens with zero attached hydrogens (tertiary/aromatic N) is 1. The second kappa shape index (κ2) is 4.23. The van der Waals surface area contributed by atoms with Crippen molar-refractivity contribution >= 4 is 33.8 Å². The minimum Gasteiger partial charge on any atom is -0.439 e. The predicted molar refractivity (Wildman–Crippen MR) is 70.8 cm³/mol. The Labute approximate surface area is 111 Å². The van der Waals surface area contributed by atoms with Gasteiger partial charge in [-0.15, -0.1) is 0 Å². The molecular weight excluding hydrogens is 302 g/mol. The molecule has 0 aromatic heterocycles. The number of hydrogen-bond donors (Lipinski definition) is 0. The van der Waals surface area contributed by atoms with Crippen LogP contribution in [-0.4, -0.2) is 15.5 Å². The quantitative estimate of drug-likeness (QED) is 0.589. The summed E-state index contributed by atoms with van der Waals surface area (Å²) >= 11 is 4.77. The van der Waals surface area contributed by atoms with E-state index in [-0.39, 0.29) is 5.91 Å². The van der Waals surface area contributed by atoms with Crippen molar-refractivity contribution in [1.29, 1.82) is 0 Å². The highest BCUT2D eigenvalue weighted by molar-refractivity contribution is 9.09. The molecule has 0 unspecified atom stereocenters. The van der Waals surface area contributed by atoms with Gasteiger partial charge in [0.1, 0.15) is 5.75 Å². The summed E-state index contributed by atoms with van der Waals surface area (Å²) in [5.41, 5.74) is 0.605. The zero-order chi connectivity index (χ0) is 11.8. The van der Waals surface area contributed by atoms with E-state index in [1.807, 2.05) is 24.3 Å². The first kappa shape index (κ1) is 10.9. The van der Waals surface area contributed by atoms with E-state index < -0.39 is 0 Å². The van der Waals surface area contributed by atoms with Gasteiger partial charge in [-0.3, -0.25) is 4.79 Å². The van der Waals surface area contributed by atoms with E-state index in [0.29, 0.717) is 17.2 Å². The topological polar surface area (TPSA) is 29.5 Å². The number of fused-ring (bicyclic) bond motifs is 2. The summed E-state index contributed by atoms with van der Waals surface area (Å²) in [6, 6.07) is 7.28. The first-order valence-corrected chi connectivity index (χ1v) is 6.95. The largest absolute Gasteiger partial charge is 0.439 e. The molecule has 0 atom stereocenters. The summed E-state index contributed by atoms with van der Waals surface area (Å²) in [7, 11) is 0. The minimum atomic E-state index is -0.0327. The van der Waals surface area contributed by atoms with Crippen LogP contribution in [0.25, 0.3) is 0 Å². The number of amides is 1. The maximum atomic E-state index is 12.3. The molecule has 0 saturated heterocycles. The molecule has 0 spiro atoms. The fourth-order valence-corrected chi connectivity index (χ4v) is 2.94. The van der Waals surface area contributed by atoms with Crippen molar-refractivity contribution in [2.24, 2.45) is 0 Å². The smallest absolute Gasteiger partial charge is 0.274 e. The molecule has 0 N–H and O–H groups in total. The number of hydrogen-bond acceptors (Lipinski definition) is 3. The molecule has 0 fully saturated rings. The summed E-state index contributed by atoms with van der Waals surface area (Å²) in [4.78, 5) is 13.3. The fraction of sp³-hybridized carbons (Fsp3) is 0.0833. The highest BCUT2D eigenvalue weighted by Crippen LogP contribution is 2.39. The first-order chi connectivity index (χ1) is 8.29. The maximum absolute atomic E-state index is 12.3. The van der Waals surface area contributed by atoms with Gasteiger partial charge in [0.05, 0.1) is 5.56 Å². The number of benzene rings is 1. The Morgan fingerprint density at radius 2 is 2.12 bits per heavy atom. The van der Waals surface area contributed by atoms with Gasteiger partial charge in [-0.05, 0) is 30.2 Å². The summed E-state index contributed by atoms with van der Waals surface area (Å²) in [6.45, 7) is 0. The molecule has 0 radical (unpaired) electrons. The van der Waals surface area contributed by atoms with Crippen LogP contribution in [0.1, 0.15) is 10.4 Å². The standard InChI is InChI=1S/C12H8BrNO2S/c13-7-8-5-6-11-14(17-8)12(15)9-3-1-2-4-10(9)16-11/h1-6H,7H2. The van der Waals surface area contributed by atoms with E-state index in [1.165, 1.54) is 11.9 Å². The van der Waals surface area contributed by atoms with Gasteiger partial charge in [-0.2, -0.15) is 0 Å². The second-order valence-electron chi connectivity index (χ2n) is 3.56. The molecule has 0 saturated carbocycles. The van der Waals surface area contributed by atoms with E-state index >= 15 is 0 Å². The van der Waals surface area contributed by atoms with Gasteiger partial charge in [0.25, 0.3) is 5.91 Å². The molecule has 0 bridgehead atoms. The number of para-hydroxylation sites is 1. The summed E-state index contributed by atoms with van der Waals surface area (Å²) in [5, 5.41) is 0.729. The molecule has 86 valence electrons. The molecule has 2 aliphatic rings.